The Labute approximate surface area is 176 Å². The average molecular weight is 414 g/mol. The van der Waals surface area contributed by atoms with E-state index in [2.05, 4.69) is 26.8 Å². The number of nitrogens with two attached hydrogens (primary N) is 1. The van der Waals surface area contributed by atoms with Gasteiger partial charge in [-0.3, -0.25) is 9.69 Å². The summed E-state index contributed by atoms with van der Waals surface area (Å²) in [6, 6.07) is 13.9. The lowest BCUT2D eigenvalue weighted by Crippen LogP contribution is -2.52. The van der Waals surface area contributed by atoms with E-state index in [1.807, 2.05) is 25.1 Å². The fourth-order valence-electron chi connectivity index (χ4n) is 3.89. The summed E-state index contributed by atoms with van der Waals surface area (Å²) in [5.74, 6) is -3.72. The van der Waals surface area contributed by atoms with Crippen molar-refractivity contribution < 1.29 is 13.6 Å². The van der Waals surface area contributed by atoms with Crippen molar-refractivity contribution in [3.05, 3.63) is 70.8 Å². The second kappa shape index (κ2) is 7.18. The Morgan fingerprint density at radius 2 is 1.63 bits per heavy atom. The Hall–Kier alpha value is -2.76. The van der Waals surface area contributed by atoms with Gasteiger partial charge in [-0.25, -0.2) is 13.8 Å². The van der Waals surface area contributed by atoms with Crippen LogP contribution < -0.4 is 5.73 Å². The molecule has 1 heterocycles. The Bertz CT molecular complexity index is 987. The molecule has 160 valence electrons. The van der Waals surface area contributed by atoms with Crippen molar-refractivity contribution in [2.75, 3.05) is 7.05 Å². The Balaban J connectivity index is 2.18. The molecule has 2 N–H and O–H groups in total. The summed E-state index contributed by atoms with van der Waals surface area (Å²) in [7, 11) is 1.58. The van der Waals surface area contributed by atoms with E-state index in [9.17, 15) is 13.6 Å². The lowest BCUT2D eigenvalue weighted by molar-refractivity contribution is -0.130. The molecular weight excluding hydrogens is 384 g/mol. The third-order valence-electron chi connectivity index (χ3n) is 5.89. The minimum Gasteiger partial charge on any atom is -0.369 e. The predicted octanol–water partition coefficient (Wildman–Crippen LogP) is 4.88. The largest absolute Gasteiger partial charge is 0.369 e. The number of nitrogens with zero attached hydrogens (tertiary/aromatic N) is 2. The van der Waals surface area contributed by atoms with Crippen LogP contribution in [0.15, 0.2) is 53.5 Å². The number of hydrogen-bond acceptors (Lipinski definition) is 3. The molecular formula is C24H29F2N3O. The van der Waals surface area contributed by atoms with Crippen molar-refractivity contribution in [1.29, 1.82) is 0 Å². The van der Waals surface area contributed by atoms with Gasteiger partial charge in [0.1, 0.15) is 5.54 Å². The quantitative estimate of drug-likeness (QED) is 0.780. The van der Waals surface area contributed by atoms with Crippen LogP contribution in [0.3, 0.4) is 0 Å². The van der Waals surface area contributed by atoms with Crippen LogP contribution in [0.5, 0.6) is 0 Å². The monoisotopic (exact) mass is 413 g/mol. The SMILES string of the molecule is CN1C(=O)[C@H](c2ccc(C(C)(F)F)cc2)[C@@](C)(c2cccc(C(C)(C)C)c2)N=C1N. The molecule has 4 nitrogen and oxygen atoms in total. The number of hydrogen-bond donors (Lipinski definition) is 1. The smallest absolute Gasteiger partial charge is 0.270 e. The highest BCUT2D eigenvalue weighted by Crippen LogP contribution is 2.45. The van der Waals surface area contributed by atoms with Crippen molar-refractivity contribution in [3.8, 4) is 0 Å². The predicted molar refractivity (Wildman–Crippen MR) is 116 cm³/mol. The zero-order valence-corrected chi connectivity index (χ0v) is 18.3. The molecule has 1 aliphatic rings. The van der Waals surface area contributed by atoms with Crippen molar-refractivity contribution >= 4 is 11.9 Å². The maximum atomic E-state index is 13.7. The van der Waals surface area contributed by atoms with E-state index >= 15 is 0 Å². The number of halogens is 2. The zero-order chi connectivity index (χ0) is 22.5. The first-order valence-corrected chi connectivity index (χ1v) is 9.97. The van der Waals surface area contributed by atoms with E-state index in [1.54, 1.807) is 19.2 Å². The van der Waals surface area contributed by atoms with Gasteiger partial charge in [-0.15, -0.1) is 0 Å². The van der Waals surface area contributed by atoms with Crippen molar-refractivity contribution in [2.45, 2.75) is 57.4 Å². The van der Waals surface area contributed by atoms with Crippen molar-refractivity contribution in [1.82, 2.24) is 4.90 Å². The second-order valence-electron chi connectivity index (χ2n) is 9.29. The molecule has 0 aromatic heterocycles. The van der Waals surface area contributed by atoms with E-state index in [0.29, 0.717) is 5.56 Å². The van der Waals surface area contributed by atoms with Crippen LogP contribution in [0.1, 0.15) is 62.8 Å². The Kier molecular flexibility index (Phi) is 5.25. The van der Waals surface area contributed by atoms with E-state index in [4.69, 9.17) is 10.7 Å². The molecule has 6 heteroatoms. The molecule has 0 radical (unpaired) electrons. The molecule has 1 amide bonds. The number of carbonyl (C=O) groups is 1. The van der Waals surface area contributed by atoms with E-state index in [1.165, 1.54) is 17.0 Å². The van der Waals surface area contributed by atoms with Crippen LogP contribution in [0, 0.1) is 0 Å². The first kappa shape index (κ1) is 21.9. The number of guanidine groups is 1. The van der Waals surface area contributed by atoms with Crippen LogP contribution in [0.2, 0.25) is 0 Å². The molecule has 30 heavy (non-hydrogen) atoms. The van der Waals surface area contributed by atoms with E-state index < -0.39 is 17.4 Å². The van der Waals surface area contributed by atoms with Gasteiger partial charge in [0.15, 0.2) is 5.96 Å². The summed E-state index contributed by atoms with van der Waals surface area (Å²) >= 11 is 0. The zero-order valence-electron chi connectivity index (χ0n) is 18.3. The normalized spacial score (nSPS) is 22.8. The van der Waals surface area contributed by atoms with Crippen LogP contribution in [0.25, 0.3) is 0 Å². The lowest BCUT2D eigenvalue weighted by atomic mass is 9.73. The fraction of sp³-hybridized carbons (Fsp3) is 0.417. The lowest BCUT2D eigenvalue weighted by Gasteiger charge is -2.41. The molecule has 0 spiro atoms. The van der Waals surface area contributed by atoms with Crippen molar-refractivity contribution in [3.63, 3.8) is 0 Å². The molecule has 0 saturated heterocycles. The summed E-state index contributed by atoms with van der Waals surface area (Å²) in [6.07, 6.45) is 0. The number of carbonyl (C=O) groups excluding carboxylic acids is 1. The third-order valence-corrected chi connectivity index (χ3v) is 5.89. The van der Waals surface area contributed by atoms with E-state index in [0.717, 1.165) is 18.1 Å². The maximum absolute atomic E-state index is 13.7. The van der Waals surface area contributed by atoms with Gasteiger partial charge < -0.3 is 5.73 Å². The minimum atomic E-state index is -2.95. The van der Waals surface area contributed by atoms with Gasteiger partial charge in [0, 0.05) is 19.5 Å². The molecule has 0 aliphatic carbocycles. The Morgan fingerprint density at radius 1 is 1.03 bits per heavy atom. The topological polar surface area (TPSA) is 58.7 Å². The van der Waals surface area contributed by atoms with Gasteiger partial charge in [0.25, 0.3) is 5.92 Å². The number of rotatable bonds is 3. The average Bonchev–Trinajstić information content (AvgIpc) is 2.65. The van der Waals surface area contributed by atoms with Gasteiger partial charge in [-0.1, -0.05) is 69.3 Å². The first-order chi connectivity index (χ1) is 13.7. The molecule has 2 atom stereocenters. The van der Waals surface area contributed by atoms with Crippen LogP contribution in [0.4, 0.5) is 8.78 Å². The van der Waals surface area contributed by atoms with Gasteiger partial charge in [-0.2, -0.15) is 0 Å². The number of amides is 1. The van der Waals surface area contributed by atoms with Gasteiger partial charge in [-0.05, 0) is 29.0 Å². The standard InChI is InChI=1S/C24H29F2N3O/c1-22(2,3)17-8-7-9-18(14-17)23(4)19(20(30)29(6)21(27)28-23)15-10-12-16(13-11-15)24(5,25)26/h7-14,19H,1-6H3,(H2,27,28)/t19-,23+/m0/s1. The van der Waals surface area contributed by atoms with Gasteiger partial charge >= 0.3 is 0 Å². The summed E-state index contributed by atoms with van der Waals surface area (Å²) in [4.78, 5) is 19.3. The minimum absolute atomic E-state index is 0.0824. The van der Waals surface area contributed by atoms with Crippen LogP contribution in [-0.2, 0) is 21.7 Å². The summed E-state index contributed by atoms with van der Waals surface area (Å²) in [5.41, 5.74) is 7.53. The summed E-state index contributed by atoms with van der Waals surface area (Å²) in [5, 5.41) is 0. The molecule has 2 aromatic carbocycles. The molecule has 0 fully saturated rings. The Morgan fingerprint density at radius 3 is 2.17 bits per heavy atom. The fourth-order valence-corrected chi connectivity index (χ4v) is 3.89. The first-order valence-electron chi connectivity index (χ1n) is 9.97. The maximum Gasteiger partial charge on any atom is 0.270 e. The van der Waals surface area contributed by atoms with Gasteiger partial charge in [0.2, 0.25) is 5.91 Å². The number of alkyl halides is 2. The highest BCUT2D eigenvalue weighted by Gasteiger charge is 2.47. The van der Waals surface area contributed by atoms with Crippen LogP contribution >= 0.6 is 0 Å². The number of aliphatic imine (C=N–C) groups is 1. The van der Waals surface area contributed by atoms with Crippen molar-refractivity contribution in [2.24, 2.45) is 10.7 Å². The molecule has 0 unspecified atom stereocenters. The molecule has 3 rings (SSSR count). The summed E-state index contributed by atoms with van der Waals surface area (Å²) < 4.78 is 27.4. The number of benzene rings is 2. The van der Waals surface area contributed by atoms with Crippen LogP contribution in [-0.4, -0.2) is 23.8 Å². The molecule has 0 bridgehead atoms. The van der Waals surface area contributed by atoms with E-state index in [-0.39, 0.29) is 22.8 Å². The third kappa shape index (κ3) is 3.83. The summed E-state index contributed by atoms with van der Waals surface area (Å²) in [6.45, 7) is 9.08. The second-order valence-corrected chi connectivity index (χ2v) is 9.29. The molecule has 1 aliphatic heterocycles. The highest BCUT2D eigenvalue weighted by molar-refractivity contribution is 6.02. The number of likely N-dealkylation sites (N-methyl/N-ethyl adjacent to an activating group) is 1. The molecule has 2 aromatic rings. The highest BCUT2D eigenvalue weighted by atomic mass is 19.3. The van der Waals surface area contributed by atoms with Gasteiger partial charge in [0.05, 0.1) is 5.92 Å². The molecule has 0 saturated carbocycles.